The average Bonchev–Trinajstić information content (AvgIpc) is 3.18. The van der Waals surface area contributed by atoms with Gasteiger partial charge in [0.25, 0.3) is 5.91 Å². The number of amides is 2. The fraction of sp³-hybridized carbons (Fsp3) is 0.632. The van der Waals surface area contributed by atoms with Gasteiger partial charge in [-0.3, -0.25) is 9.69 Å². The van der Waals surface area contributed by atoms with E-state index in [0.29, 0.717) is 39.1 Å². The molecule has 9 nitrogen and oxygen atoms in total. The maximum absolute atomic E-state index is 12.1. The number of furan rings is 1. The number of rotatable bonds is 6. The minimum atomic E-state index is -0.772. The number of nitrogens with zero attached hydrogens (tertiary/aromatic N) is 2. The summed E-state index contributed by atoms with van der Waals surface area (Å²) in [7, 11) is 1.29. The number of hydrogen-bond acceptors (Lipinski definition) is 7. The predicted molar refractivity (Wildman–Crippen MR) is 101 cm³/mol. The van der Waals surface area contributed by atoms with Crippen LogP contribution in [-0.4, -0.2) is 79.2 Å². The van der Waals surface area contributed by atoms with Crippen LogP contribution >= 0.6 is 0 Å². The van der Waals surface area contributed by atoms with Crippen LogP contribution < -0.4 is 5.32 Å². The monoisotopic (exact) mass is 395 g/mol. The highest BCUT2D eigenvalue weighted by Gasteiger charge is 2.28. The molecule has 0 bridgehead atoms. The van der Waals surface area contributed by atoms with Crippen molar-refractivity contribution in [1.82, 2.24) is 15.1 Å². The molecule has 9 heteroatoms. The molecule has 1 unspecified atom stereocenters. The van der Waals surface area contributed by atoms with E-state index < -0.39 is 23.5 Å². The van der Waals surface area contributed by atoms with E-state index >= 15 is 0 Å². The normalized spacial score (nSPS) is 16.4. The third-order valence-electron chi connectivity index (χ3n) is 4.29. The van der Waals surface area contributed by atoms with Gasteiger partial charge in [0.1, 0.15) is 11.6 Å². The fourth-order valence-electron chi connectivity index (χ4n) is 2.82. The van der Waals surface area contributed by atoms with Crippen molar-refractivity contribution in [1.29, 1.82) is 0 Å². The topological polar surface area (TPSA) is 101 Å². The van der Waals surface area contributed by atoms with Gasteiger partial charge < -0.3 is 24.1 Å². The Hall–Kier alpha value is -2.55. The van der Waals surface area contributed by atoms with Crippen LogP contribution in [0.2, 0.25) is 0 Å². The zero-order chi connectivity index (χ0) is 20.7. The molecule has 1 aliphatic rings. The molecule has 28 heavy (non-hydrogen) atoms. The van der Waals surface area contributed by atoms with Gasteiger partial charge in [-0.05, 0) is 39.3 Å². The van der Waals surface area contributed by atoms with Crippen molar-refractivity contribution in [2.45, 2.75) is 38.8 Å². The van der Waals surface area contributed by atoms with Crippen molar-refractivity contribution >= 4 is 18.0 Å². The van der Waals surface area contributed by atoms with E-state index in [1.807, 2.05) is 20.8 Å². The summed E-state index contributed by atoms with van der Waals surface area (Å²) in [6.07, 6.45) is 1.47. The number of esters is 1. The molecule has 0 radical (unpaired) electrons. The maximum Gasteiger partial charge on any atom is 0.410 e. The number of carbonyl (C=O) groups is 3. The Morgan fingerprint density at radius 2 is 1.89 bits per heavy atom. The Bertz CT molecular complexity index is 660. The van der Waals surface area contributed by atoms with E-state index in [9.17, 15) is 14.4 Å². The average molecular weight is 395 g/mol. The van der Waals surface area contributed by atoms with Crippen molar-refractivity contribution < 1.29 is 28.3 Å². The van der Waals surface area contributed by atoms with E-state index in [1.54, 1.807) is 11.0 Å². The first kappa shape index (κ1) is 21.7. The molecule has 0 spiro atoms. The first-order valence-electron chi connectivity index (χ1n) is 9.32. The van der Waals surface area contributed by atoms with Crippen LogP contribution in [0.15, 0.2) is 22.8 Å². The highest BCUT2D eigenvalue weighted by molar-refractivity contribution is 5.94. The summed E-state index contributed by atoms with van der Waals surface area (Å²) in [5, 5.41) is 2.64. The first-order valence-corrected chi connectivity index (χ1v) is 9.32. The number of nitrogens with one attached hydrogen (secondary N) is 1. The lowest BCUT2D eigenvalue weighted by molar-refractivity contribution is -0.143. The highest BCUT2D eigenvalue weighted by Crippen LogP contribution is 2.12. The van der Waals surface area contributed by atoms with E-state index in [0.717, 1.165) is 0 Å². The number of piperazine rings is 1. The minimum absolute atomic E-state index is 0.139. The molecule has 1 aliphatic heterocycles. The van der Waals surface area contributed by atoms with Crippen LogP contribution in [0.5, 0.6) is 0 Å². The Morgan fingerprint density at radius 1 is 1.21 bits per heavy atom. The molecule has 156 valence electrons. The Balaban J connectivity index is 1.81. The predicted octanol–water partition coefficient (Wildman–Crippen LogP) is 1.49. The third kappa shape index (κ3) is 6.56. The molecule has 2 heterocycles. The van der Waals surface area contributed by atoms with Gasteiger partial charge in [-0.15, -0.1) is 0 Å². The van der Waals surface area contributed by atoms with Crippen LogP contribution in [0.3, 0.4) is 0 Å². The summed E-state index contributed by atoms with van der Waals surface area (Å²) in [5.74, 6) is -0.831. The van der Waals surface area contributed by atoms with Crippen molar-refractivity contribution in [2.24, 2.45) is 0 Å². The maximum atomic E-state index is 12.1. The Kier molecular flexibility index (Phi) is 7.45. The largest absolute Gasteiger partial charge is 0.467 e. The minimum Gasteiger partial charge on any atom is -0.467 e. The lowest BCUT2D eigenvalue weighted by atomic mass is 10.1. The van der Waals surface area contributed by atoms with E-state index in [-0.39, 0.29) is 11.9 Å². The molecule has 1 N–H and O–H groups in total. The molecule has 1 saturated heterocycles. The lowest BCUT2D eigenvalue weighted by Crippen LogP contribution is -2.51. The second kappa shape index (κ2) is 9.59. The van der Waals surface area contributed by atoms with Gasteiger partial charge in [0, 0.05) is 32.7 Å². The molecule has 0 aromatic carbocycles. The molecule has 2 amide bonds. The molecule has 0 saturated carbocycles. The summed E-state index contributed by atoms with van der Waals surface area (Å²) < 4.78 is 15.2. The van der Waals surface area contributed by atoms with Crippen molar-refractivity contribution in [2.75, 3.05) is 39.8 Å². The molecule has 1 atom stereocenters. The third-order valence-corrected chi connectivity index (χ3v) is 4.29. The summed E-state index contributed by atoms with van der Waals surface area (Å²) in [6.45, 7) is 8.54. The zero-order valence-electron chi connectivity index (χ0n) is 16.9. The molecule has 1 aromatic rings. The second-order valence-electron chi connectivity index (χ2n) is 7.62. The van der Waals surface area contributed by atoms with Gasteiger partial charge in [0.15, 0.2) is 5.76 Å². The zero-order valence-corrected chi connectivity index (χ0v) is 16.9. The standard InChI is InChI=1S/C19H29N3O6/c1-19(2,3)28-18(25)22-11-9-21(10-12-22)8-7-14(17(24)26-4)20-16(23)15-6-5-13-27-15/h5-6,13-14H,7-12H2,1-4H3,(H,20,23). The number of carbonyl (C=O) groups excluding carboxylic acids is 3. The number of ether oxygens (including phenoxy) is 2. The van der Waals surface area contributed by atoms with Gasteiger partial charge in [0.05, 0.1) is 13.4 Å². The van der Waals surface area contributed by atoms with E-state index in [1.165, 1.54) is 19.4 Å². The lowest BCUT2D eigenvalue weighted by Gasteiger charge is -2.36. The van der Waals surface area contributed by atoms with Gasteiger partial charge in [-0.1, -0.05) is 0 Å². The summed E-state index contributed by atoms with van der Waals surface area (Å²) in [5.41, 5.74) is -0.520. The van der Waals surface area contributed by atoms with Gasteiger partial charge >= 0.3 is 12.1 Å². The van der Waals surface area contributed by atoms with Gasteiger partial charge in [-0.25, -0.2) is 9.59 Å². The van der Waals surface area contributed by atoms with Gasteiger partial charge in [-0.2, -0.15) is 0 Å². The van der Waals surface area contributed by atoms with Crippen molar-refractivity contribution in [3.63, 3.8) is 0 Å². The smallest absolute Gasteiger partial charge is 0.410 e. The van der Waals surface area contributed by atoms with Crippen LogP contribution in [0.4, 0.5) is 4.79 Å². The van der Waals surface area contributed by atoms with Crippen LogP contribution in [0.25, 0.3) is 0 Å². The quantitative estimate of drug-likeness (QED) is 0.728. The van der Waals surface area contributed by atoms with Gasteiger partial charge in [0.2, 0.25) is 0 Å². The molecular formula is C19H29N3O6. The van der Waals surface area contributed by atoms with Crippen LogP contribution in [0, 0.1) is 0 Å². The fourth-order valence-corrected chi connectivity index (χ4v) is 2.82. The Morgan fingerprint density at radius 3 is 2.43 bits per heavy atom. The second-order valence-corrected chi connectivity index (χ2v) is 7.62. The summed E-state index contributed by atoms with van der Waals surface area (Å²) in [4.78, 5) is 40.1. The highest BCUT2D eigenvalue weighted by atomic mass is 16.6. The molecular weight excluding hydrogens is 366 g/mol. The SMILES string of the molecule is COC(=O)C(CCN1CCN(C(=O)OC(C)(C)C)CC1)NC(=O)c1ccco1. The first-order chi connectivity index (χ1) is 13.2. The molecule has 0 aliphatic carbocycles. The van der Waals surface area contributed by atoms with Crippen LogP contribution in [-0.2, 0) is 14.3 Å². The molecule has 1 fully saturated rings. The van der Waals surface area contributed by atoms with E-state index in [4.69, 9.17) is 13.9 Å². The van der Waals surface area contributed by atoms with E-state index in [2.05, 4.69) is 10.2 Å². The number of hydrogen-bond donors (Lipinski definition) is 1. The number of methoxy groups -OCH3 is 1. The molecule has 2 rings (SSSR count). The van der Waals surface area contributed by atoms with Crippen LogP contribution in [0.1, 0.15) is 37.7 Å². The summed E-state index contributed by atoms with van der Waals surface area (Å²) in [6, 6.07) is 2.36. The molecule has 1 aromatic heterocycles. The van der Waals surface area contributed by atoms with Crippen molar-refractivity contribution in [3.05, 3.63) is 24.2 Å². The van der Waals surface area contributed by atoms with Crippen molar-refractivity contribution in [3.8, 4) is 0 Å². The summed E-state index contributed by atoms with van der Waals surface area (Å²) >= 11 is 0. The Labute approximate surface area is 164 Å².